The van der Waals surface area contributed by atoms with Crippen LogP contribution in [0.3, 0.4) is 0 Å². The Bertz CT molecular complexity index is 743. The van der Waals surface area contributed by atoms with Crippen molar-refractivity contribution in [3.8, 4) is 0 Å². The van der Waals surface area contributed by atoms with Crippen molar-refractivity contribution in [2.24, 2.45) is 5.92 Å². The van der Waals surface area contributed by atoms with Crippen molar-refractivity contribution in [3.05, 3.63) is 38.6 Å². The molecule has 0 radical (unpaired) electrons. The fourth-order valence-corrected chi connectivity index (χ4v) is 3.89. The zero-order valence-electron chi connectivity index (χ0n) is 16.1. The monoisotopic (exact) mass is 429 g/mol. The first-order chi connectivity index (χ1) is 12.8. The van der Waals surface area contributed by atoms with Gasteiger partial charge in [0.1, 0.15) is 5.57 Å². The smallest absolute Gasteiger partial charge is 0.337 e. The quantitative estimate of drug-likeness (QED) is 0.257. The van der Waals surface area contributed by atoms with E-state index in [1.807, 2.05) is 26.4 Å². The third kappa shape index (κ3) is 6.59. The third-order valence-corrected chi connectivity index (χ3v) is 6.43. The predicted molar refractivity (Wildman–Crippen MR) is 115 cm³/mol. The lowest BCUT2D eigenvalue weighted by atomic mass is 9.98. The van der Waals surface area contributed by atoms with E-state index in [1.54, 1.807) is 0 Å². The van der Waals surface area contributed by atoms with Crippen LogP contribution in [-0.4, -0.2) is 37.3 Å². The highest BCUT2D eigenvalue weighted by Crippen LogP contribution is 2.31. The summed E-state index contributed by atoms with van der Waals surface area (Å²) in [5, 5.41) is 2.93. The summed E-state index contributed by atoms with van der Waals surface area (Å²) in [6, 6.07) is 4.43. The first kappa shape index (κ1) is 23.6. The maximum absolute atomic E-state index is 12.9. The molecule has 0 saturated heterocycles. The number of amides is 1. The lowest BCUT2D eigenvalue weighted by molar-refractivity contribution is -0.120. The second-order valence-corrected chi connectivity index (χ2v) is 8.15. The highest BCUT2D eigenvalue weighted by atomic mass is 35.5. The first-order valence-corrected chi connectivity index (χ1v) is 11.2. The molecule has 1 aromatic rings. The van der Waals surface area contributed by atoms with E-state index in [1.165, 1.54) is 48.8 Å². The van der Waals surface area contributed by atoms with Gasteiger partial charge in [-0.3, -0.25) is 9.59 Å². The van der Waals surface area contributed by atoms with E-state index >= 15 is 0 Å². The number of thioether (sulfide) groups is 2. The lowest BCUT2D eigenvalue weighted by Gasteiger charge is -2.15. The summed E-state index contributed by atoms with van der Waals surface area (Å²) in [6.45, 7) is 3.98. The largest absolute Gasteiger partial charge is 0.465 e. The highest BCUT2D eigenvalue weighted by Gasteiger charge is 2.25. The van der Waals surface area contributed by atoms with Gasteiger partial charge >= 0.3 is 5.97 Å². The molecule has 5 nitrogen and oxygen atoms in total. The number of carbonyl (C=O) groups is 3. The zero-order chi connectivity index (χ0) is 20.6. The molecule has 0 aliphatic carbocycles. The molecule has 1 unspecified atom stereocenters. The van der Waals surface area contributed by atoms with Crippen LogP contribution >= 0.6 is 35.1 Å². The number of anilines is 1. The summed E-state index contributed by atoms with van der Waals surface area (Å²) in [6.07, 6.45) is 4.78. The van der Waals surface area contributed by atoms with E-state index in [0.29, 0.717) is 10.7 Å². The van der Waals surface area contributed by atoms with Gasteiger partial charge in [0.05, 0.1) is 27.6 Å². The molecule has 1 amide bonds. The SMILES string of the molecule is CCC(C)CC(=O)C(C(=O)Nc1cc(C(=O)OC)ccc1Cl)=C(SC)SC. The predicted octanol–water partition coefficient (Wildman–Crippen LogP) is 5.01. The molecule has 148 valence electrons. The van der Waals surface area contributed by atoms with E-state index in [4.69, 9.17) is 11.6 Å². The Morgan fingerprint density at radius 1 is 1.22 bits per heavy atom. The molecule has 1 N–H and O–H groups in total. The molecule has 0 saturated carbocycles. The number of hydrogen-bond donors (Lipinski definition) is 1. The molecular weight excluding hydrogens is 406 g/mol. The average molecular weight is 430 g/mol. The van der Waals surface area contributed by atoms with E-state index < -0.39 is 11.9 Å². The fourth-order valence-electron chi connectivity index (χ4n) is 2.23. The summed E-state index contributed by atoms with van der Waals surface area (Å²) in [4.78, 5) is 37.4. The van der Waals surface area contributed by atoms with Gasteiger partial charge < -0.3 is 10.1 Å². The number of halogens is 1. The van der Waals surface area contributed by atoms with Crippen LogP contribution in [0, 0.1) is 5.92 Å². The van der Waals surface area contributed by atoms with Gasteiger partial charge in [0.25, 0.3) is 5.91 Å². The molecule has 27 heavy (non-hydrogen) atoms. The highest BCUT2D eigenvalue weighted by molar-refractivity contribution is 8.21. The van der Waals surface area contributed by atoms with Gasteiger partial charge in [-0.25, -0.2) is 4.79 Å². The number of hydrogen-bond acceptors (Lipinski definition) is 6. The minimum atomic E-state index is -0.542. The molecule has 1 atom stereocenters. The van der Waals surface area contributed by atoms with Gasteiger partial charge in [-0.05, 0) is 36.6 Å². The number of rotatable bonds is 9. The Labute approximate surface area is 173 Å². The molecule has 0 spiro atoms. The van der Waals surface area contributed by atoms with Crippen LogP contribution < -0.4 is 5.32 Å². The van der Waals surface area contributed by atoms with Crippen LogP contribution in [0.25, 0.3) is 0 Å². The molecule has 0 aromatic heterocycles. The molecule has 8 heteroatoms. The normalized spacial score (nSPS) is 11.5. The lowest BCUT2D eigenvalue weighted by Crippen LogP contribution is -2.23. The molecule has 0 bridgehead atoms. The molecule has 0 aliphatic rings. The topological polar surface area (TPSA) is 72.5 Å². The van der Waals surface area contributed by atoms with Gasteiger partial charge in [-0.1, -0.05) is 31.9 Å². The van der Waals surface area contributed by atoms with E-state index in [2.05, 4.69) is 10.1 Å². The number of benzene rings is 1. The van der Waals surface area contributed by atoms with Gasteiger partial charge in [0.2, 0.25) is 0 Å². The van der Waals surface area contributed by atoms with Crippen LogP contribution in [-0.2, 0) is 14.3 Å². The van der Waals surface area contributed by atoms with Crippen LogP contribution in [0.4, 0.5) is 5.69 Å². The number of carbonyl (C=O) groups excluding carboxylic acids is 3. The summed E-state index contributed by atoms with van der Waals surface area (Å²) in [5.41, 5.74) is 0.624. The number of esters is 1. The molecule has 1 aromatic carbocycles. The Kier molecular flexibility index (Phi) is 9.98. The molecule has 0 aliphatic heterocycles. The van der Waals surface area contributed by atoms with Gasteiger partial charge in [0.15, 0.2) is 5.78 Å². The Morgan fingerprint density at radius 3 is 2.37 bits per heavy atom. The second kappa shape index (κ2) is 11.4. The molecular formula is C19H24ClNO4S2. The van der Waals surface area contributed by atoms with Gasteiger partial charge in [-0.2, -0.15) is 0 Å². The maximum Gasteiger partial charge on any atom is 0.337 e. The summed E-state index contributed by atoms with van der Waals surface area (Å²) >= 11 is 8.85. The molecule has 0 heterocycles. The van der Waals surface area contributed by atoms with Crippen molar-refractivity contribution in [3.63, 3.8) is 0 Å². The minimum Gasteiger partial charge on any atom is -0.465 e. The Balaban J connectivity index is 3.23. The fraction of sp³-hybridized carbons (Fsp3) is 0.421. The number of ether oxygens (including phenoxy) is 1. The van der Waals surface area contributed by atoms with Crippen molar-refractivity contribution < 1.29 is 19.1 Å². The van der Waals surface area contributed by atoms with Gasteiger partial charge in [0, 0.05) is 6.42 Å². The summed E-state index contributed by atoms with van der Waals surface area (Å²) in [7, 11) is 1.27. The second-order valence-electron chi connectivity index (χ2n) is 5.85. The average Bonchev–Trinajstić information content (AvgIpc) is 2.66. The Morgan fingerprint density at radius 2 is 1.85 bits per heavy atom. The maximum atomic E-state index is 12.9. The van der Waals surface area contributed by atoms with Crippen molar-refractivity contribution >= 4 is 58.5 Å². The number of methoxy groups -OCH3 is 1. The number of Topliss-reactive ketones (excluding diaryl/α,β-unsaturated/α-hetero) is 1. The summed E-state index contributed by atoms with van der Waals surface area (Å²) < 4.78 is 5.33. The van der Waals surface area contributed by atoms with Gasteiger partial charge in [-0.15, -0.1) is 23.5 Å². The van der Waals surface area contributed by atoms with Crippen LogP contribution in [0.2, 0.25) is 5.02 Å². The Hall–Kier alpha value is -1.44. The molecule has 0 fully saturated rings. The van der Waals surface area contributed by atoms with Crippen molar-refractivity contribution in [1.82, 2.24) is 0 Å². The van der Waals surface area contributed by atoms with E-state index in [-0.39, 0.29) is 33.5 Å². The van der Waals surface area contributed by atoms with E-state index in [9.17, 15) is 14.4 Å². The number of nitrogens with one attached hydrogen (secondary N) is 1. The zero-order valence-corrected chi connectivity index (χ0v) is 18.4. The molecule has 1 rings (SSSR count). The third-order valence-electron chi connectivity index (χ3n) is 3.95. The van der Waals surface area contributed by atoms with Crippen molar-refractivity contribution in [2.45, 2.75) is 26.7 Å². The van der Waals surface area contributed by atoms with Crippen molar-refractivity contribution in [1.29, 1.82) is 0 Å². The van der Waals surface area contributed by atoms with E-state index in [0.717, 1.165) is 6.42 Å². The first-order valence-electron chi connectivity index (χ1n) is 8.33. The standard InChI is InChI=1S/C19H24ClNO4S2/c1-6-11(2)9-15(22)16(19(26-4)27-5)17(23)21-14-10-12(18(24)25-3)7-8-13(14)20/h7-8,10-11H,6,9H2,1-5H3,(H,21,23). The summed E-state index contributed by atoms with van der Waals surface area (Å²) in [5.74, 6) is -1.11. The van der Waals surface area contributed by atoms with Crippen LogP contribution in [0.15, 0.2) is 28.0 Å². The minimum absolute atomic E-state index is 0.120. The number of ketones is 1. The van der Waals surface area contributed by atoms with Crippen LogP contribution in [0.1, 0.15) is 37.0 Å². The van der Waals surface area contributed by atoms with Crippen LogP contribution in [0.5, 0.6) is 0 Å². The van der Waals surface area contributed by atoms with Crippen molar-refractivity contribution in [2.75, 3.05) is 24.9 Å².